The molecule has 1 aliphatic heterocycles. The fourth-order valence-corrected chi connectivity index (χ4v) is 3.09. The Morgan fingerprint density at radius 1 is 0.857 bits per heavy atom. The van der Waals surface area contributed by atoms with Crippen molar-refractivity contribution in [1.82, 2.24) is 0 Å². The average Bonchev–Trinajstić information content (AvgIpc) is 2.50. The third-order valence-electron chi connectivity index (χ3n) is 4.37. The lowest BCUT2D eigenvalue weighted by atomic mass is 9.70. The zero-order valence-corrected chi connectivity index (χ0v) is 12.6. The highest BCUT2D eigenvalue weighted by molar-refractivity contribution is 5.88. The first-order valence-corrected chi connectivity index (χ1v) is 7.44. The smallest absolute Gasteiger partial charge is 0.321 e. The van der Waals surface area contributed by atoms with Crippen LogP contribution in [0.1, 0.15) is 35.1 Å². The normalized spacial score (nSPS) is 17.3. The van der Waals surface area contributed by atoms with Crippen LogP contribution in [0.4, 0.5) is 0 Å². The van der Waals surface area contributed by atoms with E-state index in [-0.39, 0.29) is 5.97 Å². The number of esters is 1. The van der Waals surface area contributed by atoms with Gasteiger partial charge in [0.25, 0.3) is 0 Å². The van der Waals surface area contributed by atoms with Crippen molar-refractivity contribution in [2.24, 2.45) is 0 Å². The number of carbonyl (C=O) groups is 1. The van der Waals surface area contributed by atoms with E-state index in [1.54, 1.807) is 0 Å². The Kier molecular flexibility index (Phi) is 3.54. The van der Waals surface area contributed by atoms with Gasteiger partial charge in [-0.15, -0.1) is 0 Å². The van der Waals surface area contributed by atoms with Gasteiger partial charge in [-0.2, -0.15) is 0 Å². The number of carbonyl (C=O) groups excluding carboxylic acids is 1. The van der Waals surface area contributed by atoms with Gasteiger partial charge in [0.1, 0.15) is 5.41 Å². The molecular weight excluding hydrogens is 260 g/mol. The van der Waals surface area contributed by atoms with Gasteiger partial charge in [0.05, 0.1) is 6.61 Å². The molecule has 1 fully saturated rings. The predicted molar refractivity (Wildman–Crippen MR) is 83.3 cm³/mol. The van der Waals surface area contributed by atoms with E-state index in [1.165, 1.54) is 11.1 Å². The summed E-state index contributed by atoms with van der Waals surface area (Å²) in [6.07, 6.45) is 1.70. The fourth-order valence-electron chi connectivity index (χ4n) is 3.09. The first-order valence-electron chi connectivity index (χ1n) is 7.44. The second-order valence-electron chi connectivity index (χ2n) is 5.88. The lowest BCUT2D eigenvalue weighted by molar-refractivity contribution is -0.153. The SMILES string of the molecule is Cc1ccc(C2(c3ccc(C)cc3)CCCOC2=O)cc1. The van der Waals surface area contributed by atoms with Crippen LogP contribution in [-0.4, -0.2) is 12.6 Å². The van der Waals surface area contributed by atoms with Crippen LogP contribution >= 0.6 is 0 Å². The van der Waals surface area contributed by atoms with E-state index in [1.807, 2.05) is 0 Å². The van der Waals surface area contributed by atoms with E-state index in [0.717, 1.165) is 24.0 Å². The molecule has 0 saturated carbocycles. The number of cyclic esters (lactones) is 1. The van der Waals surface area contributed by atoms with Crippen LogP contribution in [0.15, 0.2) is 48.5 Å². The van der Waals surface area contributed by atoms with Gasteiger partial charge >= 0.3 is 5.97 Å². The van der Waals surface area contributed by atoms with E-state index < -0.39 is 5.41 Å². The number of rotatable bonds is 2. The molecule has 3 rings (SSSR count). The summed E-state index contributed by atoms with van der Waals surface area (Å²) in [6, 6.07) is 16.5. The van der Waals surface area contributed by atoms with Crippen molar-refractivity contribution in [3.8, 4) is 0 Å². The molecule has 0 aliphatic carbocycles. The molecule has 1 heterocycles. The van der Waals surface area contributed by atoms with Gasteiger partial charge in [-0.3, -0.25) is 4.79 Å². The van der Waals surface area contributed by atoms with Crippen LogP contribution in [0.2, 0.25) is 0 Å². The van der Waals surface area contributed by atoms with Crippen molar-refractivity contribution in [2.45, 2.75) is 32.1 Å². The molecule has 0 bridgehead atoms. The van der Waals surface area contributed by atoms with Gasteiger partial charge in [-0.25, -0.2) is 0 Å². The van der Waals surface area contributed by atoms with Crippen LogP contribution < -0.4 is 0 Å². The Balaban J connectivity index is 2.17. The predicted octanol–water partition coefficient (Wildman–Crippen LogP) is 3.93. The summed E-state index contributed by atoms with van der Waals surface area (Å²) >= 11 is 0. The third-order valence-corrected chi connectivity index (χ3v) is 4.37. The number of benzene rings is 2. The van der Waals surface area contributed by atoms with Crippen molar-refractivity contribution in [3.05, 3.63) is 70.8 Å². The molecule has 0 aromatic heterocycles. The van der Waals surface area contributed by atoms with Gasteiger partial charge in [0.15, 0.2) is 0 Å². The Bertz CT molecular complexity index is 593. The summed E-state index contributed by atoms with van der Waals surface area (Å²) < 4.78 is 5.42. The molecule has 0 unspecified atom stereocenters. The van der Waals surface area contributed by atoms with Crippen LogP contribution in [0.5, 0.6) is 0 Å². The molecule has 0 N–H and O–H groups in total. The fraction of sp³-hybridized carbons (Fsp3) is 0.316. The molecule has 0 spiro atoms. The third kappa shape index (κ3) is 2.35. The lowest BCUT2D eigenvalue weighted by Crippen LogP contribution is -2.42. The summed E-state index contributed by atoms with van der Waals surface area (Å²) in [5.41, 5.74) is 3.80. The van der Waals surface area contributed by atoms with Gasteiger partial charge in [-0.1, -0.05) is 59.7 Å². The first kappa shape index (κ1) is 13.9. The molecule has 0 atom stereocenters. The molecule has 2 aromatic carbocycles. The highest BCUT2D eigenvalue weighted by Crippen LogP contribution is 2.40. The monoisotopic (exact) mass is 280 g/mol. The standard InChI is InChI=1S/C19H20O2/c1-14-4-8-16(9-5-14)19(12-3-13-21-18(19)20)17-10-6-15(2)7-11-17/h4-11H,3,12-13H2,1-2H3. The maximum absolute atomic E-state index is 12.7. The second kappa shape index (κ2) is 5.36. The maximum atomic E-state index is 12.7. The Labute approximate surface area is 125 Å². The molecule has 0 radical (unpaired) electrons. The number of ether oxygens (including phenoxy) is 1. The maximum Gasteiger partial charge on any atom is 0.321 e. The number of aryl methyl sites for hydroxylation is 2. The molecule has 2 aromatic rings. The summed E-state index contributed by atoms with van der Waals surface area (Å²) in [7, 11) is 0. The molecule has 2 nitrogen and oxygen atoms in total. The number of hydrogen-bond acceptors (Lipinski definition) is 2. The van der Waals surface area contributed by atoms with E-state index in [9.17, 15) is 4.79 Å². The van der Waals surface area contributed by atoms with E-state index >= 15 is 0 Å². The van der Waals surface area contributed by atoms with Gasteiger partial charge in [0.2, 0.25) is 0 Å². The van der Waals surface area contributed by atoms with Crippen LogP contribution in [-0.2, 0) is 14.9 Å². The second-order valence-corrected chi connectivity index (χ2v) is 5.88. The minimum absolute atomic E-state index is 0.124. The Hall–Kier alpha value is -2.09. The van der Waals surface area contributed by atoms with E-state index in [0.29, 0.717) is 6.61 Å². The van der Waals surface area contributed by atoms with Crippen LogP contribution in [0, 0.1) is 13.8 Å². The molecule has 108 valence electrons. The first-order chi connectivity index (χ1) is 10.1. The number of hydrogen-bond donors (Lipinski definition) is 0. The zero-order valence-electron chi connectivity index (χ0n) is 12.6. The van der Waals surface area contributed by atoms with Gasteiger partial charge in [-0.05, 0) is 37.8 Å². The lowest BCUT2D eigenvalue weighted by Gasteiger charge is -2.36. The average molecular weight is 280 g/mol. The van der Waals surface area contributed by atoms with Crippen LogP contribution in [0.3, 0.4) is 0 Å². The summed E-state index contributed by atoms with van der Waals surface area (Å²) in [5, 5.41) is 0. The van der Waals surface area contributed by atoms with E-state index in [4.69, 9.17) is 4.74 Å². The van der Waals surface area contributed by atoms with Gasteiger partial charge in [0, 0.05) is 0 Å². The minimum Gasteiger partial charge on any atom is -0.465 e. The molecule has 1 saturated heterocycles. The minimum atomic E-state index is -0.653. The summed E-state index contributed by atoms with van der Waals surface area (Å²) in [5.74, 6) is -0.124. The van der Waals surface area contributed by atoms with Gasteiger partial charge < -0.3 is 4.74 Å². The molecule has 0 amide bonds. The zero-order chi connectivity index (χ0) is 14.9. The highest BCUT2D eigenvalue weighted by atomic mass is 16.5. The molecular formula is C19H20O2. The Morgan fingerprint density at radius 3 is 1.76 bits per heavy atom. The van der Waals surface area contributed by atoms with Crippen molar-refractivity contribution >= 4 is 5.97 Å². The van der Waals surface area contributed by atoms with Crippen molar-refractivity contribution < 1.29 is 9.53 Å². The largest absolute Gasteiger partial charge is 0.465 e. The molecule has 1 aliphatic rings. The molecule has 2 heteroatoms. The van der Waals surface area contributed by atoms with Crippen molar-refractivity contribution in [3.63, 3.8) is 0 Å². The summed E-state index contributed by atoms with van der Waals surface area (Å²) in [4.78, 5) is 12.7. The molecule has 21 heavy (non-hydrogen) atoms. The summed E-state index contributed by atoms with van der Waals surface area (Å²) in [6.45, 7) is 4.64. The quantitative estimate of drug-likeness (QED) is 0.779. The topological polar surface area (TPSA) is 26.3 Å². The highest BCUT2D eigenvalue weighted by Gasteiger charge is 2.45. The van der Waals surface area contributed by atoms with Crippen molar-refractivity contribution in [1.29, 1.82) is 0 Å². The Morgan fingerprint density at radius 2 is 1.33 bits per heavy atom. The van der Waals surface area contributed by atoms with Crippen LogP contribution in [0.25, 0.3) is 0 Å². The van der Waals surface area contributed by atoms with Crippen molar-refractivity contribution in [2.75, 3.05) is 6.61 Å². The van der Waals surface area contributed by atoms with E-state index in [2.05, 4.69) is 62.4 Å².